The van der Waals surface area contributed by atoms with Crippen molar-refractivity contribution in [3.63, 3.8) is 0 Å². The third kappa shape index (κ3) is 4.39. The maximum absolute atomic E-state index is 9.08. The molecule has 94 valence electrons. The molecule has 7 heteroatoms. The van der Waals surface area contributed by atoms with Gasteiger partial charge in [-0.2, -0.15) is 0 Å². The average molecular weight is 227 g/mol. The van der Waals surface area contributed by atoms with Crippen LogP contribution in [0.1, 0.15) is 0 Å². The zero-order valence-electron chi connectivity index (χ0n) is 8.63. The van der Waals surface area contributed by atoms with Crippen LogP contribution in [0.4, 0.5) is 0 Å². The highest BCUT2D eigenvalue weighted by Crippen LogP contribution is 2.13. The van der Waals surface area contributed by atoms with Crippen LogP contribution in [0.3, 0.4) is 0 Å². The largest absolute Gasteiger partial charge is 0.412 e. The summed E-state index contributed by atoms with van der Waals surface area (Å²) in [6.45, 7) is -1.26. The third-order valence-corrected chi connectivity index (χ3v) is 2.29. The molecule has 0 spiro atoms. The molecule has 0 fully saturated rings. The van der Waals surface area contributed by atoms with Gasteiger partial charge in [-0.15, -0.1) is 0 Å². The zero-order valence-corrected chi connectivity index (χ0v) is 8.63. The molecule has 0 aliphatic rings. The van der Waals surface area contributed by atoms with Gasteiger partial charge in [-0.05, 0) is 0 Å². The SMILES string of the molecule is O.OCCN(CCO)C(CO)(CO)CO. The van der Waals surface area contributed by atoms with Gasteiger partial charge in [0.25, 0.3) is 0 Å². The highest BCUT2D eigenvalue weighted by Gasteiger charge is 2.34. The Bertz CT molecular complexity index is 127. The Morgan fingerprint density at radius 1 is 0.733 bits per heavy atom. The van der Waals surface area contributed by atoms with E-state index in [-0.39, 0.29) is 31.8 Å². The van der Waals surface area contributed by atoms with Crippen molar-refractivity contribution in [2.75, 3.05) is 46.1 Å². The number of rotatable bonds is 8. The van der Waals surface area contributed by atoms with Crippen molar-refractivity contribution in [2.24, 2.45) is 0 Å². The van der Waals surface area contributed by atoms with Crippen LogP contribution in [-0.2, 0) is 0 Å². The van der Waals surface area contributed by atoms with Crippen LogP contribution in [0.25, 0.3) is 0 Å². The van der Waals surface area contributed by atoms with Crippen LogP contribution < -0.4 is 0 Å². The second-order valence-electron chi connectivity index (χ2n) is 3.13. The number of aliphatic hydroxyl groups excluding tert-OH is 5. The minimum absolute atomic E-state index is 0. The molecule has 0 amide bonds. The minimum Gasteiger partial charge on any atom is -0.412 e. The molecule has 0 aromatic heterocycles. The lowest BCUT2D eigenvalue weighted by Crippen LogP contribution is -2.58. The maximum Gasteiger partial charge on any atom is 0.0908 e. The molecule has 0 aliphatic carbocycles. The molecule has 0 aromatic rings. The molecule has 7 N–H and O–H groups in total. The van der Waals surface area contributed by atoms with Gasteiger partial charge in [0.05, 0.1) is 38.6 Å². The van der Waals surface area contributed by atoms with E-state index in [2.05, 4.69) is 0 Å². The lowest BCUT2D eigenvalue weighted by Gasteiger charge is -2.39. The first-order valence-electron chi connectivity index (χ1n) is 4.50. The van der Waals surface area contributed by atoms with Crippen LogP contribution >= 0.6 is 0 Å². The first kappa shape index (κ1) is 17.1. The summed E-state index contributed by atoms with van der Waals surface area (Å²) in [5.41, 5.74) is -1.18. The second-order valence-corrected chi connectivity index (χ2v) is 3.13. The van der Waals surface area contributed by atoms with Gasteiger partial charge < -0.3 is 31.0 Å². The lowest BCUT2D eigenvalue weighted by atomic mass is 10.0. The Labute approximate surface area is 88.5 Å². The number of hydrogen-bond acceptors (Lipinski definition) is 6. The third-order valence-electron chi connectivity index (χ3n) is 2.29. The number of hydrogen-bond donors (Lipinski definition) is 5. The van der Waals surface area contributed by atoms with Gasteiger partial charge in [0.2, 0.25) is 0 Å². The highest BCUT2D eigenvalue weighted by atomic mass is 16.3. The summed E-state index contributed by atoms with van der Waals surface area (Å²) in [5, 5.41) is 44.7. The molecule has 7 nitrogen and oxygen atoms in total. The number of nitrogens with zero attached hydrogens (tertiary/aromatic N) is 1. The van der Waals surface area contributed by atoms with E-state index in [0.29, 0.717) is 0 Å². The van der Waals surface area contributed by atoms with Crippen molar-refractivity contribution in [3.8, 4) is 0 Å². The molecular formula is C8H21NO6. The first-order chi connectivity index (χ1) is 6.70. The highest BCUT2D eigenvalue weighted by molar-refractivity contribution is 4.89. The van der Waals surface area contributed by atoms with E-state index in [4.69, 9.17) is 25.5 Å². The van der Waals surface area contributed by atoms with Crippen molar-refractivity contribution < 1.29 is 31.0 Å². The summed E-state index contributed by atoms with van der Waals surface area (Å²) >= 11 is 0. The topological polar surface area (TPSA) is 136 Å². The first-order valence-corrected chi connectivity index (χ1v) is 4.50. The van der Waals surface area contributed by atoms with Gasteiger partial charge in [0.15, 0.2) is 0 Å². The molecule has 0 rings (SSSR count). The van der Waals surface area contributed by atoms with E-state index in [0.717, 1.165) is 0 Å². The molecule has 0 unspecified atom stereocenters. The fraction of sp³-hybridized carbons (Fsp3) is 1.00. The maximum atomic E-state index is 9.08. The van der Waals surface area contributed by atoms with Gasteiger partial charge in [-0.3, -0.25) is 4.90 Å². The van der Waals surface area contributed by atoms with Crippen LogP contribution in [0.5, 0.6) is 0 Å². The molecular weight excluding hydrogens is 206 g/mol. The molecule has 0 bridgehead atoms. The van der Waals surface area contributed by atoms with E-state index >= 15 is 0 Å². The van der Waals surface area contributed by atoms with E-state index in [1.54, 1.807) is 0 Å². The van der Waals surface area contributed by atoms with Crippen molar-refractivity contribution >= 4 is 0 Å². The van der Waals surface area contributed by atoms with Gasteiger partial charge in [0.1, 0.15) is 0 Å². The summed E-state index contributed by atoms with van der Waals surface area (Å²) in [4.78, 5) is 1.47. The normalized spacial score (nSPS) is 11.6. The van der Waals surface area contributed by atoms with Gasteiger partial charge in [-0.25, -0.2) is 0 Å². The Morgan fingerprint density at radius 2 is 1.07 bits per heavy atom. The van der Waals surface area contributed by atoms with E-state index in [1.807, 2.05) is 0 Å². The van der Waals surface area contributed by atoms with Crippen molar-refractivity contribution in [1.29, 1.82) is 0 Å². The van der Waals surface area contributed by atoms with Crippen molar-refractivity contribution in [1.82, 2.24) is 4.90 Å². The average Bonchev–Trinajstić information content (AvgIpc) is 2.22. The van der Waals surface area contributed by atoms with E-state index in [1.165, 1.54) is 4.90 Å². The van der Waals surface area contributed by atoms with E-state index < -0.39 is 25.4 Å². The minimum atomic E-state index is -1.18. The molecule has 0 saturated carbocycles. The van der Waals surface area contributed by atoms with E-state index in [9.17, 15) is 0 Å². The number of aliphatic hydroxyl groups is 5. The quantitative estimate of drug-likeness (QED) is 0.288. The standard InChI is InChI=1S/C8H19NO5.H2O/c10-3-1-9(2-4-11)8(5-12,6-13)7-14;/h10-14H,1-7H2;1H2. The summed E-state index contributed by atoms with van der Waals surface area (Å²) in [7, 11) is 0. The number of β-amino-alcohol motifs (C(OH)–C–C–N with tert-alkyl or cyclic N) is 2. The summed E-state index contributed by atoms with van der Waals surface area (Å²) < 4.78 is 0. The summed E-state index contributed by atoms with van der Waals surface area (Å²) in [6.07, 6.45) is 0. The molecule has 0 radical (unpaired) electrons. The second kappa shape index (κ2) is 8.98. The fourth-order valence-corrected chi connectivity index (χ4v) is 1.28. The predicted octanol–water partition coefficient (Wildman–Crippen LogP) is -3.84. The van der Waals surface area contributed by atoms with Gasteiger partial charge in [0, 0.05) is 13.1 Å². The molecule has 0 aromatic carbocycles. The monoisotopic (exact) mass is 227 g/mol. The Balaban J connectivity index is 0. The van der Waals surface area contributed by atoms with Crippen LogP contribution in [0.15, 0.2) is 0 Å². The Hall–Kier alpha value is -0.280. The molecule has 0 aliphatic heterocycles. The van der Waals surface area contributed by atoms with Crippen molar-refractivity contribution in [2.45, 2.75) is 5.54 Å². The molecule has 0 atom stereocenters. The molecule has 15 heavy (non-hydrogen) atoms. The zero-order chi connectivity index (χ0) is 11.0. The van der Waals surface area contributed by atoms with Crippen LogP contribution in [0.2, 0.25) is 0 Å². The molecule has 0 saturated heterocycles. The lowest BCUT2D eigenvalue weighted by molar-refractivity contribution is -0.0578. The summed E-state index contributed by atoms with van der Waals surface area (Å²) in [6, 6.07) is 0. The van der Waals surface area contributed by atoms with Gasteiger partial charge >= 0.3 is 0 Å². The fourth-order valence-electron chi connectivity index (χ4n) is 1.28. The molecule has 0 heterocycles. The Kier molecular flexibility index (Phi) is 10.3. The van der Waals surface area contributed by atoms with Crippen molar-refractivity contribution in [3.05, 3.63) is 0 Å². The Morgan fingerprint density at radius 3 is 1.27 bits per heavy atom. The van der Waals surface area contributed by atoms with Crippen LogP contribution in [0, 0.1) is 0 Å². The van der Waals surface area contributed by atoms with Gasteiger partial charge in [-0.1, -0.05) is 0 Å². The predicted molar refractivity (Wildman–Crippen MR) is 53.3 cm³/mol. The van der Waals surface area contributed by atoms with Crippen LogP contribution in [-0.4, -0.2) is 87.6 Å². The smallest absolute Gasteiger partial charge is 0.0908 e. The summed E-state index contributed by atoms with van der Waals surface area (Å²) in [5.74, 6) is 0.